The van der Waals surface area contributed by atoms with Gasteiger partial charge in [-0.2, -0.15) is 0 Å². The molecule has 0 atom stereocenters. The van der Waals surface area contributed by atoms with Crippen molar-refractivity contribution in [1.29, 1.82) is 0 Å². The van der Waals surface area contributed by atoms with Crippen molar-refractivity contribution in [3.63, 3.8) is 0 Å². The zero-order valence-corrected chi connectivity index (χ0v) is 16.4. The number of esters is 1. The van der Waals surface area contributed by atoms with Gasteiger partial charge in [0.2, 0.25) is 17.7 Å². The molecule has 1 aromatic rings. The molecule has 0 unspecified atom stereocenters. The minimum atomic E-state index is -0.660. The molecule has 0 aliphatic carbocycles. The first kappa shape index (κ1) is 20.6. The number of carbonyl (C=O) groups excluding carboxylic acids is 5. The molecule has 1 aromatic heterocycles. The summed E-state index contributed by atoms with van der Waals surface area (Å²) in [4.78, 5) is 62.8. The molecule has 27 heavy (non-hydrogen) atoms. The van der Waals surface area contributed by atoms with Gasteiger partial charge >= 0.3 is 5.97 Å². The maximum Gasteiger partial charge on any atom is 0.341 e. The minimum absolute atomic E-state index is 0.0831. The molecule has 2 heterocycles. The lowest BCUT2D eigenvalue weighted by atomic mass is 10.1. The summed E-state index contributed by atoms with van der Waals surface area (Å²) >= 11 is 0.952. The predicted molar refractivity (Wildman–Crippen MR) is 97.6 cm³/mol. The average molecular weight is 395 g/mol. The van der Waals surface area contributed by atoms with E-state index in [0.29, 0.717) is 10.4 Å². The maximum absolute atomic E-state index is 12.3. The summed E-state index contributed by atoms with van der Waals surface area (Å²) < 4.78 is 5.02. The molecule has 1 saturated heterocycles. The van der Waals surface area contributed by atoms with Crippen LogP contribution in [0.3, 0.4) is 0 Å². The molecular weight excluding hydrogens is 374 g/mol. The lowest BCUT2D eigenvalue weighted by molar-refractivity contribution is -0.141. The van der Waals surface area contributed by atoms with Gasteiger partial charge in [-0.05, 0) is 19.4 Å². The van der Waals surface area contributed by atoms with Crippen LogP contribution in [0.15, 0.2) is 0 Å². The summed E-state index contributed by atoms with van der Waals surface area (Å²) in [6.07, 6.45) is 0.166. The Morgan fingerprint density at radius 3 is 2.30 bits per heavy atom. The van der Waals surface area contributed by atoms with E-state index in [1.165, 1.54) is 4.90 Å². The Morgan fingerprint density at radius 2 is 1.78 bits per heavy atom. The van der Waals surface area contributed by atoms with Gasteiger partial charge in [0.15, 0.2) is 0 Å². The number of thiophene rings is 1. The van der Waals surface area contributed by atoms with Crippen molar-refractivity contribution in [3.8, 4) is 0 Å². The van der Waals surface area contributed by atoms with Crippen LogP contribution in [0.1, 0.15) is 45.4 Å². The number of anilines is 1. The van der Waals surface area contributed by atoms with Gasteiger partial charge in [-0.25, -0.2) is 4.79 Å². The van der Waals surface area contributed by atoms with Crippen LogP contribution in [0.4, 0.5) is 5.00 Å². The van der Waals surface area contributed by atoms with Crippen LogP contribution in [0, 0.1) is 6.92 Å². The van der Waals surface area contributed by atoms with E-state index in [9.17, 15) is 24.0 Å². The molecular formula is C17H21N3O6S. The molecule has 1 fully saturated rings. The number of rotatable bonds is 6. The van der Waals surface area contributed by atoms with Gasteiger partial charge < -0.3 is 15.0 Å². The van der Waals surface area contributed by atoms with Gasteiger partial charge in [-0.15, -0.1) is 11.3 Å². The number of hydrogen-bond acceptors (Lipinski definition) is 7. The third-order valence-electron chi connectivity index (χ3n) is 3.94. The van der Waals surface area contributed by atoms with E-state index in [1.807, 2.05) is 0 Å². The monoisotopic (exact) mass is 395 g/mol. The van der Waals surface area contributed by atoms with Crippen LogP contribution in [0.25, 0.3) is 0 Å². The topological polar surface area (TPSA) is 113 Å². The first-order valence-corrected chi connectivity index (χ1v) is 9.14. The van der Waals surface area contributed by atoms with Crippen LogP contribution in [-0.2, 0) is 19.1 Å². The van der Waals surface area contributed by atoms with E-state index in [1.54, 1.807) is 27.9 Å². The lowest BCUT2D eigenvalue weighted by Gasteiger charge is -2.13. The minimum Gasteiger partial charge on any atom is -0.462 e. The quantitative estimate of drug-likeness (QED) is 0.568. The van der Waals surface area contributed by atoms with Crippen molar-refractivity contribution in [2.75, 3.05) is 32.6 Å². The first-order chi connectivity index (χ1) is 12.7. The Kier molecular flexibility index (Phi) is 6.32. The van der Waals surface area contributed by atoms with E-state index in [4.69, 9.17) is 4.74 Å². The predicted octanol–water partition coefficient (Wildman–Crippen LogP) is 1.02. The molecule has 1 aliphatic rings. The van der Waals surface area contributed by atoms with Crippen molar-refractivity contribution in [2.24, 2.45) is 0 Å². The number of ether oxygens (including phenoxy) is 1. The summed E-state index contributed by atoms with van der Waals surface area (Å²) in [7, 11) is 3.16. The largest absolute Gasteiger partial charge is 0.462 e. The molecule has 1 N–H and O–H groups in total. The van der Waals surface area contributed by atoms with Crippen LogP contribution >= 0.6 is 11.3 Å². The van der Waals surface area contributed by atoms with Crippen molar-refractivity contribution in [1.82, 2.24) is 9.80 Å². The number of hydrogen-bond donors (Lipinski definition) is 1. The Bertz CT molecular complexity index is 798. The van der Waals surface area contributed by atoms with Gasteiger partial charge in [-0.3, -0.25) is 24.1 Å². The lowest BCUT2D eigenvalue weighted by Crippen LogP contribution is -2.37. The summed E-state index contributed by atoms with van der Waals surface area (Å²) in [5.74, 6) is -2.42. The highest BCUT2D eigenvalue weighted by molar-refractivity contribution is 7.18. The molecule has 0 spiro atoms. The molecule has 1 aliphatic heterocycles. The fraction of sp³-hybridized carbons (Fsp3) is 0.471. The fourth-order valence-electron chi connectivity index (χ4n) is 2.57. The summed E-state index contributed by atoms with van der Waals surface area (Å²) in [6.45, 7) is 2.94. The zero-order chi connectivity index (χ0) is 20.3. The third-order valence-corrected chi connectivity index (χ3v) is 5.13. The maximum atomic E-state index is 12.3. The normalized spacial score (nSPS) is 13.7. The number of nitrogens with zero attached hydrogens (tertiary/aromatic N) is 2. The summed E-state index contributed by atoms with van der Waals surface area (Å²) in [6, 6.07) is 0. The smallest absolute Gasteiger partial charge is 0.341 e. The SMILES string of the molecule is CCOC(=O)c1c(NC(=O)CN2C(=O)CCC2=O)sc(C(=O)N(C)C)c1C. The third kappa shape index (κ3) is 4.33. The molecule has 0 saturated carbocycles. The number of amides is 4. The number of nitrogens with one attached hydrogen (secondary N) is 1. The second-order valence-corrected chi connectivity index (χ2v) is 7.12. The summed E-state index contributed by atoms with van der Waals surface area (Å²) in [5.41, 5.74) is 0.500. The highest BCUT2D eigenvalue weighted by Gasteiger charge is 2.32. The molecule has 0 radical (unpaired) electrons. The molecule has 4 amide bonds. The van der Waals surface area contributed by atoms with Gasteiger partial charge in [0.05, 0.1) is 17.0 Å². The van der Waals surface area contributed by atoms with Crippen molar-refractivity contribution < 1.29 is 28.7 Å². The van der Waals surface area contributed by atoms with Gasteiger partial charge in [-0.1, -0.05) is 0 Å². The second kappa shape index (κ2) is 8.30. The van der Waals surface area contributed by atoms with E-state index in [-0.39, 0.29) is 35.9 Å². The fourth-order valence-corrected chi connectivity index (χ4v) is 3.80. The van der Waals surface area contributed by atoms with Crippen LogP contribution < -0.4 is 5.32 Å². The van der Waals surface area contributed by atoms with E-state index in [0.717, 1.165) is 16.2 Å². The molecule has 146 valence electrons. The van der Waals surface area contributed by atoms with Crippen molar-refractivity contribution in [2.45, 2.75) is 26.7 Å². The Labute approximate surface area is 160 Å². The zero-order valence-electron chi connectivity index (χ0n) is 15.6. The highest BCUT2D eigenvalue weighted by atomic mass is 32.1. The van der Waals surface area contributed by atoms with Crippen molar-refractivity contribution >= 4 is 45.9 Å². The number of likely N-dealkylation sites (tertiary alicyclic amines) is 1. The highest BCUT2D eigenvalue weighted by Crippen LogP contribution is 2.34. The molecule has 0 bridgehead atoms. The number of carbonyl (C=O) groups is 5. The van der Waals surface area contributed by atoms with E-state index < -0.39 is 30.2 Å². The molecule has 9 nitrogen and oxygen atoms in total. The van der Waals surface area contributed by atoms with Crippen molar-refractivity contribution in [3.05, 3.63) is 16.0 Å². The van der Waals surface area contributed by atoms with Crippen LogP contribution in [-0.4, -0.2) is 66.6 Å². The van der Waals surface area contributed by atoms with E-state index in [2.05, 4.69) is 5.32 Å². The standard InChI is InChI=1S/C17H21N3O6S/c1-5-26-17(25)13-9(2)14(16(24)19(3)4)27-15(13)18-10(21)8-20-11(22)6-7-12(20)23/h5-8H2,1-4H3,(H,18,21). The van der Waals surface area contributed by atoms with Gasteiger partial charge in [0.25, 0.3) is 5.91 Å². The average Bonchev–Trinajstić information content (AvgIpc) is 3.08. The Hall–Kier alpha value is -2.75. The number of imide groups is 1. The first-order valence-electron chi connectivity index (χ1n) is 8.32. The Balaban J connectivity index is 2.30. The van der Waals surface area contributed by atoms with Crippen LogP contribution in [0.5, 0.6) is 0 Å². The van der Waals surface area contributed by atoms with E-state index >= 15 is 0 Å². The van der Waals surface area contributed by atoms with Gasteiger partial charge in [0.1, 0.15) is 11.5 Å². The Morgan fingerprint density at radius 1 is 1.19 bits per heavy atom. The van der Waals surface area contributed by atoms with Crippen LogP contribution in [0.2, 0.25) is 0 Å². The molecule has 10 heteroatoms. The second-order valence-electron chi connectivity index (χ2n) is 6.10. The molecule has 0 aromatic carbocycles. The summed E-state index contributed by atoms with van der Waals surface area (Å²) in [5, 5.41) is 2.69. The van der Waals surface area contributed by atoms with Gasteiger partial charge in [0, 0.05) is 26.9 Å². The molecule has 2 rings (SSSR count).